The zero-order chi connectivity index (χ0) is 12.7. The molecule has 2 saturated carbocycles. The molecule has 2 aliphatic carbocycles. The van der Waals surface area contributed by atoms with E-state index in [1.807, 2.05) is 11.8 Å². The lowest BCUT2D eigenvalue weighted by Crippen LogP contribution is -2.32. The van der Waals surface area contributed by atoms with Gasteiger partial charge in [-0.05, 0) is 50.4 Å². The van der Waals surface area contributed by atoms with Crippen LogP contribution in [0.2, 0.25) is 0 Å². The number of nitrogens with zero attached hydrogens (tertiary/aromatic N) is 1. The quantitative estimate of drug-likeness (QED) is 0.834. The van der Waals surface area contributed by atoms with Crippen molar-refractivity contribution in [3.05, 3.63) is 0 Å². The van der Waals surface area contributed by atoms with E-state index in [9.17, 15) is 9.90 Å². The molecule has 1 heterocycles. The summed E-state index contributed by atoms with van der Waals surface area (Å²) in [4.78, 5) is 14.3. The van der Waals surface area contributed by atoms with Gasteiger partial charge in [0.1, 0.15) is 0 Å². The van der Waals surface area contributed by atoms with Crippen LogP contribution in [0.3, 0.4) is 0 Å². The fraction of sp³-hybridized carbons (Fsp3) is 0.933. The van der Waals surface area contributed by atoms with Crippen molar-refractivity contribution in [3.8, 4) is 0 Å². The van der Waals surface area contributed by atoms with Crippen molar-refractivity contribution in [2.24, 2.45) is 23.7 Å². The number of likely N-dealkylation sites (tertiary alicyclic amines) is 1. The van der Waals surface area contributed by atoms with Crippen molar-refractivity contribution < 1.29 is 9.90 Å². The van der Waals surface area contributed by atoms with Gasteiger partial charge in [-0.1, -0.05) is 6.42 Å². The van der Waals surface area contributed by atoms with E-state index in [0.29, 0.717) is 17.7 Å². The van der Waals surface area contributed by atoms with Crippen LogP contribution in [0.25, 0.3) is 0 Å². The molecule has 3 heteroatoms. The molecule has 0 radical (unpaired) electrons. The highest BCUT2D eigenvalue weighted by Gasteiger charge is 2.41. The van der Waals surface area contributed by atoms with Crippen molar-refractivity contribution >= 4 is 5.91 Å². The van der Waals surface area contributed by atoms with Crippen LogP contribution in [0.15, 0.2) is 0 Å². The molecule has 18 heavy (non-hydrogen) atoms. The Balaban J connectivity index is 1.50. The number of fused-ring (bicyclic) bond motifs is 2. The van der Waals surface area contributed by atoms with E-state index in [1.165, 1.54) is 25.7 Å². The lowest BCUT2D eigenvalue weighted by Gasteiger charge is -2.24. The third-order valence-corrected chi connectivity index (χ3v) is 5.58. The molecule has 1 saturated heterocycles. The summed E-state index contributed by atoms with van der Waals surface area (Å²) in [5.41, 5.74) is 0. The third kappa shape index (κ3) is 2.29. The fourth-order valence-corrected chi connectivity index (χ4v) is 4.39. The number of hydrogen-bond donors (Lipinski definition) is 1. The van der Waals surface area contributed by atoms with Crippen molar-refractivity contribution in [1.29, 1.82) is 0 Å². The van der Waals surface area contributed by atoms with Crippen LogP contribution < -0.4 is 0 Å². The second kappa shape index (κ2) is 4.84. The van der Waals surface area contributed by atoms with Crippen LogP contribution >= 0.6 is 0 Å². The molecule has 2 bridgehead atoms. The first kappa shape index (κ1) is 12.5. The molecule has 3 rings (SSSR count). The van der Waals surface area contributed by atoms with E-state index in [1.54, 1.807) is 0 Å². The minimum atomic E-state index is -0.273. The summed E-state index contributed by atoms with van der Waals surface area (Å²) in [6.45, 7) is 3.47. The number of aliphatic hydroxyl groups is 1. The van der Waals surface area contributed by atoms with Crippen molar-refractivity contribution in [3.63, 3.8) is 0 Å². The van der Waals surface area contributed by atoms with Crippen LogP contribution in [0.5, 0.6) is 0 Å². The van der Waals surface area contributed by atoms with Crippen LogP contribution in [0.1, 0.15) is 45.4 Å². The molecule has 5 atom stereocenters. The minimum absolute atomic E-state index is 0.273. The normalized spacial score (nSPS) is 40.4. The van der Waals surface area contributed by atoms with Crippen molar-refractivity contribution in [2.45, 2.75) is 51.6 Å². The molecule has 5 unspecified atom stereocenters. The number of carbonyl (C=O) groups excluding carboxylic acids is 1. The van der Waals surface area contributed by atoms with Crippen molar-refractivity contribution in [2.75, 3.05) is 13.1 Å². The summed E-state index contributed by atoms with van der Waals surface area (Å²) in [5, 5.41) is 9.58. The topological polar surface area (TPSA) is 40.5 Å². The Morgan fingerprint density at radius 1 is 1.33 bits per heavy atom. The highest BCUT2D eigenvalue weighted by molar-refractivity contribution is 5.76. The van der Waals surface area contributed by atoms with Gasteiger partial charge < -0.3 is 10.0 Å². The summed E-state index contributed by atoms with van der Waals surface area (Å²) in [7, 11) is 0. The first-order chi connectivity index (χ1) is 8.63. The third-order valence-electron chi connectivity index (χ3n) is 5.58. The fourth-order valence-electron chi connectivity index (χ4n) is 4.39. The van der Waals surface area contributed by atoms with Gasteiger partial charge in [0.2, 0.25) is 5.91 Å². The smallest absolute Gasteiger partial charge is 0.222 e. The van der Waals surface area contributed by atoms with E-state index in [-0.39, 0.29) is 6.10 Å². The van der Waals surface area contributed by atoms with Crippen LogP contribution in [0, 0.1) is 23.7 Å². The molecule has 0 spiro atoms. The Bertz CT molecular complexity index is 328. The molecule has 3 nitrogen and oxygen atoms in total. The second-order valence-corrected chi connectivity index (χ2v) is 6.77. The largest absolute Gasteiger partial charge is 0.393 e. The predicted octanol–water partition coefficient (Wildman–Crippen LogP) is 2.04. The molecule has 3 aliphatic rings. The number of rotatable bonds is 3. The van der Waals surface area contributed by atoms with E-state index in [0.717, 1.165) is 37.8 Å². The van der Waals surface area contributed by atoms with E-state index in [4.69, 9.17) is 0 Å². The maximum atomic E-state index is 12.3. The minimum Gasteiger partial charge on any atom is -0.393 e. The monoisotopic (exact) mass is 251 g/mol. The highest BCUT2D eigenvalue weighted by Crippen LogP contribution is 2.49. The van der Waals surface area contributed by atoms with Gasteiger partial charge in [-0.25, -0.2) is 0 Å². The maximum Gasteiger partial charge on any atom is 0.222 e. The Morgan fingerprint density at radius 2 is 2.17 bits per heavy atom. The Morgan fingerprint density at radius 3 is 2.72 bits per heavy atom. The van der Waals surface area contributed by atoms with Gasteiger partial charge in [-0.15, -0.1) is 0 Å². The van der Waals surface area contributed by atoms with Gasteiger partial charge in [-0.2, -0.15) is 0 Å². The van der Waals surface area contributed by atoms with Gasteiger partial charge in [0.25, 0.3) is 0 Å². The summed E-state index contributed by atoms with van der Waals surface area (Å²) in [6, 6.07) is 0. The van der Waals surface area contributed by atoms with Crippen LogP contribution in [-0.4, -0.2) is 35.1 Å². The lowest BCUT2D eigenvalue weighted by atomic mass is 9.86. The number of aliphatic hydroxyl groups excluding tert-OH is 1. The van der Waals surface area contributed by atoms with Crippen molar-refractivity contribution in [1.82, 2.24) is 4.90 Å². The molecule has 0 aromatic carbocycles. The van der Waals surface area contributed by atoms with E-state index < -0.39 is 0 Å². The predicted molar refractivity (Wildman–Crippen MR) is 69.9 cm³/mol. The first-order valence-electron chi connectivity index (χ1n) is 7.59. The summed E-state index contributed by atoms with van der Waals surface area (Å²) in [5.74, 6) is 3.08. The molecular formula is C15H25NO2. The highest BCUT2D eigenvalue weighted by atomic mass is 16.3. The zero-order valence-electron chi connectivity index (χ0n) is 11.3. The standard InChI is InChI=1S/C15H25NO2/c1-10(17)13-4-5-16(9-13)15(18)8-14-7-11-2-3-12(14)6-11/h10-14,17H,2-9H2,1H3. The van der Waals surface area contributed by atoms with Gasteiger partial charge in [-0.3, -0.25) is 4.79 Å². The molecule has 1 amide bonds. The first-order valence-corrected chi connectivity index (χ1v) is 7.59. The molecule has 1 N–H and O–H groups in total. The van der Waals surface area contributed by atoms with E-state index in [2.05, 4.69) is 0 Å². The van der Waals surface area contributed by atoms with E-state index >= 15 is 0 Å². The Hall–Kier alpha value is -0.570. The second-order valence-electron chi connectivity index (χ2n) is 6.77. The number of hydrogen-bond acceptors (Lipinski definition) is 2. The summed E-state index contributed by atoms with van der Waals surface area (Å²) in [6.07, 6.45) is 6.92. The maximum absolute atomic E-state index is 12.3. The van der Waals surface area contributed by atoms with Gasteiger partial charge in [0.05, 0.1) is 6.10 Å². The summed E-state index contributed by atoms with van der Waals surface area (Å²) < 4.78 is 0. The molecule has 1 aliphatic heterocycles. The molecule has 102 valence electrons. The average molecular weight is 251 g/mol. The number of carbonyl (C=O) groups is 1. The Labute approximate surface area is 110 Å². The summed E-state index contributed by atoms with van der Waals surface area (Å²) >= 11 is 0. The Kier molecular flexibility index (Phi) is 3.35. The SMILES string of the molecule is CC(O)C1CCN(C(=O)CC2CC3CCC2C3)C1. The van der Waals surface area contributed by atoms with Crippen LogP contribution in [-0.2, 0) is 4.79 Å². The van der Waals surface area contributed by atoms with Crippen LogP contribution in [0.4, 0.5) is 0 Å². The molecular weight excluding hydrogens is 226 g/mol. The van der Waals surface area contributed by atoms with Gasteiger partial charge in [0, 0.05) is 25.4 Å². The van der Waals surface area contributed by atoms with Gasteiger partial charge >= 0.3 is 0 Å². The van der Waals surface area contributed by atoms with Gasteiger partial charge in [0.15, 0.2) is 0 Å². The zero-order valence-corrected chi connectivity index (χ0v) is 11.3. The molecule has 0 aromatic rings. The molecule has 0 aromatic heterocycles. The molecule has 3 fully saturated rings. The lowest BCUT2D eigenvalue weighted by molar-refractivity contribution is -0.131. The number of amides is 1. The average Bonchev–Trinajstić information content (AvgIpc) is 3.04.